The van der Waals surface area contributed by atoms with Gasteiger partial charge in [-0.2, -0.15) is 0 Å². The summed E-state index contributed by atoms with van der Waals surface area (Å²) in [4.78, 5) is 2.40. The number of allylic oxidation sites excluding steroid dienone is 4. The van der Waals surface area contributed by atoms with Crippen LogP contribution in [0.25, 0.3) is 0 Å². The first-order valence-corrected chi connectivity index (χ1v) is 6.07. The van der Waals surface area contributed by atoms with Gasteiger partial charge in [-0.1, -0.05) is 25.0 Å². The molecule has 2 nitrogen and oxygen atoms in total. The van der Waals surface area contributed by atoms with Crippen LogP contribution in [0.4, 0.5) is 0 Å². The van der Waals surface area contributed by atoms with E-state index in [1.54, 1.807) is 0 Å². The molecule has 0 aliphatic carbocycles. The summed E-state index contributed by atoms with van der Waals surface area (Å²) in [7, 11) is 0. The summed E-state index contributed by atoms with van der Waals surface area (Å²) < 4.78 is 0. The Morgan fingerprint density at radius 3 is 2.80 bits per heavy atom. The van der Waals surface area contributed by atoms with Crippen molar-refractivity contribution in [2.75, 3.05) is 19.8 Å². The molecule has 0 atom stereocenters. The topological polar surface area (TPSA) is 15.3 Å². The smallest absolute Gasteiger partial charge is 0.0680 e. The molecule has 1 aliphatic rings. The highest BCUT2D eigenvalue weighted by atomic mass is 15.3. The molecule has 0 unspecified atom stereocenters. The van der Waals surface area contributed by atoms with Gasteiger partial charge in [-0.25, -0.2) is 0 Å². The molecule has 0 spiro atoms. The highest BCUT2D eigenvalue weighted by Crippen LogP contribution is 2.14. The fourth-order valence-electron chi connectivity index (χ4n) is 1.85. The van der Waals surface area contributed by atoms with E-state index in [4.69, 9.17) is 0 Å². The first-order valence-electron chi connectivity index (χ1n) is 6.07. The first kappa shape index (κ1) is 12.3. The molecule has 1 aliphatic heterocycles. The van der Waals surface area contributed by atoms with Gasteiger partial charge in [0, 0.05) is 18.8 Å². The minimum absolute atomic E-state index is 1.01. The maximum atomic E-state index is 3.35. The summed E-state index contributed by atoms with van der Waals surface area (Å²) in [6.07, 6.45) is 8.36. The quantitative estimate of drug-likeness (QED) is 0.699. The lowest BCUT2D eigenvalue weighted by Gasteiger charge is -2.17. The second kappa shape index (κ2) is 6.67. The predicted molar refractivity (Wildman–Crippen MR) is 66.6 cm³/mol. The molecule has 1 fully saturated rings. The predicted octanol–water partition coefficient (Wildman–Crippen LogP) is 2.89. The van der Waals surface area contributed by atoms with Gasteiger partial charge in [0.2, 0.25) is 0 Å². The molecule has 0 aromatic carbocycles. The van der Waals surface area contributed by atoms with Crippen molar-refractivity contribution >= 4 is 0 Å². The minimum atomic E-state index is 1.01. The molecule has 0 saturated carbocycles. The van der Waals surface area contributed by atoms with Gasteiger partial charge in [0.1, 0.15) is 0 Å². The van der Waals surface area contributed by atoms with Crippen molar-refractivity contribution in [3.05, 3.63) is 23.4 Å². The van der Waals surface area contributed by atoms with Crippen LogP contribution in [-0.2, 0) is 0 Å². The van der Waals surface area contributed by atoms with Crippen molar-refractivity contribution in [2.24, 2.45) is 0 Å². The zero-order valence-electron chi connectivity index (χ0n) is 10.3. The Bertz CT molecular complexity index is 235. The Kier molecular flexibility index (Phi) is 5.48. The molecule has 0 radical (unpaired) electrons. The summed E-state index contributed by atoms with van der Waals surface area (Å²) in [5.41, 5.74) is 2.87. The molecule has 15 heavy (non-hydrogen) atoms. The third-order valence-electron chi connectivity index (χ3n) is 2.94. The molecule has 1 saturated heterocycles. The Hall–Kier alpha value is -0.760. The molecule has 1 heterocycles. The number of nitrogens with one attached hydrogen (secondary N) is 1. The van der Waals surface area contributed by atoms with Gasteiger partial charge in [-0.05, 0) is 32.8 Å². The van der Waals surface area contributed by atoms with Crippen molar-refractivity contribution in [1.82, 2.24) is 10.2 Å². The van der Waals surface area contributed by atoms with Gasteiger partial charge < -0.3 is 4.90 Å². The second-order valence-corrected chi connectivity index (χ2v) is 4.17. The third-order valence-corrected chi connectivity index (χ3v) is 2.94. The van der Waals surface area contributed by atoms with Crippen LogP contribution in [0, 0.1) is 0 Å². The fourth-order valence-corrected chi connectivity index (χ4v) is 1.85. The maximum Gasteiger partial charge on any atom is 0.0680 e. The molecular formula is C13H24N2. The van der Waals surface area contributed by atoms with E-state index in [2.05, 4.69) is 43.1 Å². The Morgan fingerprint density at radius 2 is 2.27 bits per heavy atom. The van der Waals surface area contributed by atoms with E-state index in [9.17, 15) is 0 Å². The number of unbranched alkanes of at least 4 members (excludes halogenated alkanes) is 1. The van der Waals surface area contributed by atoms with Crippen LogP contribution in [0.15, 0.2) is 23.4 Å². The Labute approximate surface area is 94.0 Å². The lowest BCUT2D eigenvalue weighted by atomic mass is 10.1. The van der Waals surface area contributed by atoms with Crippen molar-refractivity contribution in [3.63, 3.8) is 0 Å². The van der Waals surface area contributed by atoms with Gasteiger partial charge in [-0.15, -0.1) is 0 Å². The molecule has 0 aromatic rings. The maximum absolute atomic E-state index is 3.35. The highest BCUT2D eigenvalue weighted by Gasteiger charge is 2.10. The van der Waals surface area contributed by atoms with E-state index in [1.807, 2.05) is 0 Å². The van der Waals surface area contributed by atoms with Crippen molar-refractivity contribution < 1.29 is 0 Å². The molecule has 86 valence electrons. The van der Waals surface area contributed by atoms with Crippen LogP contribution in [-0.4, -0.2) is 24.7 Å². The Balaban J connectivity index is 2.50. The average Bonchev–Trinajstić information content (AvgIpc) is 2.77. The van der Waals surface area contributed by atoms with Crippen LogP contribution < -0.4 is 5.32 Å². The van der Waals surface area contributed by atoms with Crippen LogP contribution in [0.5, 0.6) is 0 Å². The number of hydrogen-bond acceptors (Lipinski definition) is 2. The monoisotopic (exact) mass is 208 g/mol. The van der Waals surface area contributed by atoms with E-state index >= 15 is 0 Å². The van der Waals surface area contributed by atoms with Crippen molar-refractivity contribution in [2.45, 2.75) is 40.0 Å². The van der Waals surface area contributed by atoms with E-state index < -0.39 is 0 Å². The van der Waals surface area contributed by atoms with Crippen LogP contribution in [0.3, 0.4) is 0 Å². The van der Waals surface area contributed by atoms with Gasteiger partial charge in [0.05, 0.1) is 6.67 Å². The van der Waals surface area contributed by atoms with Crippen LogP contribution in [0.2, 0.25) is 0 Å². The summed E-state index contributed by atoms with van der Waals surface area (Å²) in [5, 5.41) is 3.35. The molecule has 1 rings (SSSR count). The van der Waals surface area contributed by atoms with Crippen LogP contribution >= 0.6 is 0 Å². The van der Waals surface area contributed by atoms with Gasteiger partial charge in [0.25, 0.3) is 0 Å². The summed E-state index contributed by atoms with van der Waals surface area (Å²) in [6, 6.07) is 0. The molecule has 0 aromatic heterocycles. The van der Waals surface area contributed by atoms with E-state index in [0.29, 0.717) is 0 Å². The summed E-state index contributed by atoms with van der Waals surface area (Å²) in [6.45, 7) is 9.86. The molecular weight excluding hydrogens is 184 g/mol. The van der Waals surface area contributed by atoms with Crippen molar-refractivity contribution in [3.8, 4) is 0 Å². The number of rotatable bonds is 5. The molecule has 1 N–H and O–H groups in total. The lowest BCUT2D eigenvalue weighted by Crippen LogP contribution is -2.19. The lowest BCUT2D eigenvalue weighted by molar-refractivity contribution is 0.421. The number of hydrogen-bond donors (Lipinski definition) is 1. The van der Waals surface area contributed by atoms with Gasteiger partial charge in [-0.3, -0.25) is 5.32 Å². The van der Waals surface area contributed by atoms with Gasteiger partial charge in [0.15, 0.2) is 0 Å². The van der Waals surface area contributed by atoms with Gasteiger partial charge >= 0.3 is 0 Å². The SMILES string of the molecule is CC=C(C=C(C)N1CCNC1)CCCC. The first-order chi connectivity index (χ1) is 7.27. The summed E-state index contributed by atoms with van der Waals surface area (Å²) in [5.74, 6) is 0. The molecule has 0 bridgehead atoms. The fraction of sp³-hybridized carbons (Fsp3) is 0.692. The zero-order valence-corrected chi connectivity index (χ0v) is 10.3. The van der Waals surface area contributed by atoms with E-state index in [-0.39, 0.29) is 0 Å². The minimum Gasteiger partial charge on any atom is -0.361 e. The normalized spacial score (nSPS) is 18.7. The number of nitrogens with zero attached hydrogens (tertiary/aromatic N) is 1. The average molecular weight is 208 g/mol. The Morgan fingerprint density at radius 1 is 1.47 bits per heavy atom. The van der Waals surface area contributed by atoms with E-state index in [0.717, 1.165) is 19.8 Å². The van der Waals surface area contributed by atoms with E-state index in [1.165, 1.54) is 30.5 Å². The highest BCUT2D eigenvalue weighted by molar-refractivity contribution is 5.22. The third kappa shape index (κ3) is 4.08. The second-order valence-electron chi connectivity index (χ2n) is 4.17. The molecule has 0 amide bonds. The largest absolute Gasteiger partial charge is 0.361 e. The molecule has 2 heteroatoms. The zero-order chi connectivity index (χ0) is 11.1. The van der Waals surface area contributed by atoms with Crippen LogP contribution in [0.1, 0.15) is 40.0 Å². The standard InChI is InChI=1S/C13H24N2/c1-4-6-7-13(5-2)10-12(3)15-9-8-14-11-15/h5,10,14H,4,6-9,11H2,1-3H3. The van der Waals surface area contributed by atoms with Crippen molar-refractivity contribution in [1.29, 1.82) is 0 Å². The summed E-state index contributed by atoms with van der Waals surface area (Å²) >= 11 is 0.